The third-order valence-electron chi connectivity index (χ3n) is 3.38. The van der Waals surface area contributed by atoms with Crippen LogP contribution in [0.3, 0.4) is 0 Å². The van der Waals surface area contributed by atoms with Gasteiger partial charge in [-0.25, -0.2) is 0 Å². The minimum Gasteiger partial charge on any atom is -0.493 e. The largest absolute Gasteiger partial charge is 0.493 e. The molecule has 2 aromatic rings. The van der Waals surface area contributed by atoms with Crippen LogP contribution in [0.1, 0.15) is 27.9 Å². The van der Waals surface area contributed by atoms with Gasteiger partial charge in [0.05, 0.1) is 17.9 Å². The number of primary amides is 1. The summed E-state index contributed by atoms with van der Waals surface area (Å²) in [4.78, 5) is 15.2. The van der Waals surface area contributed by atoms with Gasteiger partial charge in [0.15, 0.2) is 0 Å². The third kappa shape index (κ3) is 3.97. The van der Waals surface area contributed by atoms with Crippen LogP contribution in [0.5, 0.6) is 5.75 Å². The van der Waals surface area contributed by atoms with Crippen LogP contribution in [0.25, 0.3) is 0 Å². The fourth-order valence-electron chi connectivity index (χ4n) is 2.24. The first-order valence-corrected chi connectivity index (χ1v) is 7.26. The number of hydrogen-bond donors (Lipinski definition) is 2. The van der Waals surface area contributed by atoms with Gasteiger partial charge in [-0.3, -0.25) is 9.78 Å². The van der Waals surface area contributed by atoms with Gasteiger partial charge < -0.3 is 15.8 Å². The normalized spacial score (nSPS) is 10.3. The van der Waals surface area contributed by atoms with Crippen molar-refractivity contribution in [3.05, 3.63) is 53.3 Å². The van der Waals surface area contributed by atoms with Crippen LogP contribution in [0.2, 0.25) is 0 Å². The van der Waals surface area contributed by atoms with Gasteiger partial charge in [-0.2, -0.15) is 0 Å². The van der Waals surface area contributed by atoms with Gasteiger partial charge in [-0.1, -0.05) is 18.2 Å². The van der Waals surface area contributed by atoms with Crippen LogP contribution in [0.4, 0.5) is 5.69 Å². The Morgan fingerprint density at radius 3 is 2.68 bits per heavy atom. The minimum absolute atomic E-state index is 0.401. The quantitative estimate of drug-likeness (QED) is 0.771. The number of carbonyl (C=O) groups is 1. The molecule has 0 radical (unpaired) electrons. The number of rotatable bonds is 7. The zero-order valence-corrected chi connectivity index (χ0v) is 12.9. The highest BCUT2D eigenvalue weighted by atomic mass is 16.5. The van der Waals surface area contributed by atoms with Crippen LogP contribution < -0.4 is 15.8 Å². The molecule has 116 valence electrons. The van der Waals surface area contributed by atoms with Gasteiger partial charge in [-0.05, 0) is 37.5 Å². The number of benzene rings is 1. The van der Waals surface area contributed by atoms with Gasteiger partial charge in [0.1, 0.15) is 5.75 Å². The number of amides is 1. The summed E-state index contributed by atoms with van der Waals surface area (Å²) in [6, 6.07) is 7.84. The van der Waals surface area contributed by atoms with Crippen molar-refractivity contribution in [2.24, 2.45) is 5.73 Å². The fourth-order valence-corrected chi connectivity index (χ4v) is 2.24. The second-order valence-electron chi connectivity index (χ2n) is 5.14. The third-order valence-corrected chi connectivity index (χ3v) is 3.38. The van der Waals surface area contributed by atoms with Crippen LogP contribution in [0.15, 0.2) is 36.7 Å². The molecule has 0 saturated heterocycles. The number of nitrogens with two attached hydrogens (primary N) is 1. The van der Waals surface area contributed by atoms with Crippen LogP contribution in [-0.2, 0) is 0 Å². The first-order chi connectivity index (χ1) is 10.6. The lowest BCUT2D eigenvalue weighted by molar-refractivity contribution is 0.100. The molecule has 5 heteroatoms. The SMILES string of the molecule is Cc1cccc(C)c1OCCCNc1ccncc1C(N)=O. The Kier molecular flexibility index (Phi) is 5.36. The molecule has 0 aliphatic rings. The molecule has 1 aromatic heterocycles. The number of pyridine rings is 1. The maximum absolute atomic E-state index is 11.3. The first-order valence-electron chi connectivity index (χ1n) is 7.26. The van der Waals surface area contributed by atoms with Crippen LogP contribution >= 0.6 is 0 Å². The predicted molar refractivity (Wildman–Crippen MR) is 87.3 cm³/mol. The van der Waals surface area contributed by atoms with E-state index in [0.29, 0.717) is 24.4 Å². The number of aromatic nitrogens is 1. The van der Waals surface area contributed by atoms with E-state index in [1.54, 1.807) is 12.3 Å². The highest BCUT2D eigenvalue weighted by molar-refractivity contribution is 5.98. The molecule has 22 heavy (non-hydrogen) atoms. The molecular weight excluding hydrogens is 278 g/mol. The average Bonchev–Trinajstić information content (AvgIpc) is 2.50. The van der Waals surface area contributed by atoms with E-state index in [9.17, 15) is 4.79 Å². The van der Waals surface area contributed by atoms with Crippen molar-refractivity contribution in [2.45, 2.75) is 20.3 Å². The number of carbonyl (C=O) groups excluding carboxylic acids is 1. The maximum atomic E-state index is 11.3. The topological polar surface area (TPSA) is 77.2 Å². The minimum atomic E-state index is -0.484. The lowest BCUT2D eigenvalue weighted by Crippen LogP contribution is -2.16. The molecule has 0 saturated carbocycles. The molecular formula is C17H21N3O2. The summed E-state index contributed by atoms with van der Waals surface area (Å²) in [6.07, 6.45) is 3.91. The Bertz CT molecular complexity index is 636. The molecule has 1 aromatic carbocycles. The average molecular weight is 299 g/mol. The number of anilines is 1. The van der Waals surface area contributed by atoms with Crippen LogP contribution in [-0.4, -0.2) is 24.0 Å². The van der Waals surface area contributed by atoms with Crippen molar-refractivity contribution in [1.82, 2.24) is 4.98 Å². The Morgan fingerprint density at radius 1 is 1.27 bits per heavy atom. The zero-order valence-electron chi connectivity index (χ0n) is 12.9. The van der Waals surface area contributed by atoms with Gasteiger partial charge in [0, 0.05) is 18.9 Å². The van der Waals surface area contributed by atoms with Crippen molar-refractivity contribution >= 4 is 11.6 Å². The summed E-state index contributed by atoms with van der Waals surface area (Å²) in [5.41, 5.74) is 8.69. The molecule has 0 atom stereocenters. The molecule has 0 aliphatic carbocycles. The van der Waals surface area contributed by atoms with Gasteiger partial charge in [-0.15, -0.1) is 0 Å². The Balaban J connectivity index is 1.82. The molecule has 0 unspecified atom stereocenters. The van der Waals surface area contributed by atoms with Crippen molar-refractivity contribution in [2.75, 3.05) is 18.5 Å². The number of nitrogens with one attached hydrogen (secondary N) is 1. The molecule has 2 rings (SSSR count). The van der Waals surface area contributed by atoms with E-state index < -0.39 is 5.91 Å². The van der Waals surface area contributed by atoms with E-state index in [2.05, 4.69) is 10.3 Å². The first kappa shape index (κ1) is 15.8. The zero-order chi connectivity index (χ0) is 15.9. The molecule has 3 N–H and O–H groups in total. The second-order valence-corrected chi connectivity index (χ2v) is 5.14. The van der Waals surface area contributed by atoms with Crippen LogP contribution in [0, 0.1) is 13.8 Å². The Morgan fingerprint density at radius 2 is 2.00 bits per heavy atom. The van der Waals surface area contributed by atoms with Crippen molar-refractivity contribution in [3.63, 3.8) is 0 Å². The molecule has 1 heterocycles. The predicted octanol–water partition coefficient (Wildman–Crippen LogP) is 2.68. The molecule has 0 fully saturated rings. The fraction of sp³-hybridized carbons (Fsp3) is 0.294. The van der Waals surface area contributed by atoms with E-state index in [1.807, 2.05) is 32.0 Å². The van der Waals surface area contributed by atoms with E-state index in [-0.39, 0.29) is 0 Å². The molecule has 0 spiro atoms. The van der Waals surface area contributed by atoms with Crippen molar-refractivity contribution in [3.8, 4) is 5.75 Å². The highest BCUT2D eigenvalue weighted by Gasteiger charge is 2.07. The number of para-hydroxylation sites is 1. The van der Waals surface area contributed by atoms with Crippen molar-refractivity contribution in [1.29, 1.82) is 0 Å². The number of nitrogens with zero attached hydrogens (tertiary/aromatic N) is 1. The number of ether oxygens (including phenoxy) is 1. The highest BCUT2D eigenvalue weighted by Crippen LogP contribution is 2.22. The van der Waals surface area contributed by atoms with Gasteiger partial charge >= 0.3 is 0 Å². The standard InChI is InChI=1S/C17H21N3O2/c1-12-5-3-6-13(2)16(12)22-10-4-8-20-15-7-9-19-11-14(15)17(18)21/h3,5-7,9,11H,4,8,10H2,1-2H3,(H2,18,21)(H,19,20). The molecule has 0 aliphatic heterocycles. The summed E-state index contributed by atoms with van der Waals surface area (Å²) >= 11 is 0. The van der Waals surface area contributed by atoms with Gasteiger partial charge in [0.2, 0.25) is 0 Å². The Hall–Kier alpha value is -2.56. The summed E-state index contributed by atoms with van der Waals surface area (Å²) in [5, 5.41) is 3.19. The summed E-state index contributed by atoms with van der Waals surface area (Å²) in [7, 11) is 0. The summed E-state index contributed by atoms with van der Waals surface area (Å²) < 4.78 is 5.84. The molecule has 0 bridgehead atoms. The summed E-state index contributed by atoms with van der Waals surface area (Å²) in [6.45, 7) is 5.37. The van der Waals surface area contributed by atoms with E-state index in [1.165, 1.54) is 6.20 Å². The lowest BCUT2D eigenvalue weighted by atomic mass is 10.1. The van der Waals surface area contributed by atoms with E-state index in [4.69, 9.17) is 10.5 Å². The summed E-state index contributed by atoms with van der Waals surface area (Å²) in [5.74, 6) is 0.464. The monoisotopic (exact) mass is 299 g/mol. The molecule has 5 nitrogen and oxygen atoms in total. The van der Waals surface area contributed by atoms with E-state index in [0.717, 1.165) is 23.3 Å². The number of aryl methyl sites for hydroxylation is 2. The lowest BCUT2D eigenvalue weighted by Gasteiger charge is -2.13. The maximum Gasteiger partial charge on any atom is 0.252 e. The second kappa shape index (κ2) is 7.45. The van der Waals surface area contributed by atoms with Crippen molar-refractivity contribution < 1.29 is 9.53 Å². The van der Waals surface area contributed by atoms with Gasteiger partial charge in [0.25, 0.3) is 5.91 Å². The number of hydrogen-bond acceptors (Lipinski definition) is 4. The molecule has 1 amide bonds. The smallest absolute Gasteiger partial charge is 0.252 e. The Labute approximate surface area is 130 Å². The van der Waals surface area contributed by atoms with E-state index >= 15 is 0 Å².